The zero-order valence-electron chi connectivity index (χ0n) is 7.78. The van der Waals surface area contributed by atoms with Gasteiger partial charge in [-0.05, 0) is 5.41 Å². The van der Waals surface area contributed by atoms with Crippen molar-refractivity contribution in [2.24, 2.45) is 11.3 Å². The van der Waals surface area contributed by atoms with E-state index in [-0.39, 0.29) is 0 Å². The van der Waals surface area contributed by atoms with E-state index in [0.717, 1.165) is 6.42 Å². The molecular formula is C10H18. The van der Waals surface area contributed by atoms with E-state index in [1.54, 1.807) is 0 Å². The summed E-state index contributed by atoms with van der Waals surface area (Å²) in [5.41, 5.74) is 0.363. The molecule has 0 nitrogen and oxygen atoms in total. The minimum atomic E-state index is 0.363. The van der Waals surface area contributed by atoms with Gasteiger partial charge in [-0.1, -0.05) is 34.6 Å². The molecule has 0 rings (SSSR count). The number of hydrogen-bond donors (Lipinski definition) is 0. The fourth-order valence-corrected chi connectivity index (χ4v) is 0.520. The second kappa shape index (κ2) is 3.66. The van der Waals surface area contributed by atoms with Crippen molar-refractivity contribution in [1.29, 1.82) is 0 Å². The summed E-state index contributed by atoms with van der Waals surface area (Å²) in [6.45, 7) is 10.9. The van der Waals surface area contributed by atoms with E-state index in [9.17, 15) is 0 Å². The standard InChI is InChI=1S/C10H18/c1-9(2)7-6-8-10(3,4)5/h9H,8H2,1-5H3. The topological polar surface area (TPSA) is 0 Å². The van der Waals surface area contributed by atoms with Crippen molar-refractivity contribution >= 4 is 0 Å². The largest absolute Gasteiger partial charge is 0.102 e. The lowest BCUT2D eigenvalue weighted by Crippen LogP contribution is -2.02. The van der Waals surface area contributed by atoms with Crippen molar-refractivity contribution in [2.75, 3.05) is 0 Å². The third-order valence-electron chi connectivity index (χ3n) is 1.01. The van der Waals surface area contributed by atoms with Crippen molar-refractivity contribution in [1.82, 2.24) is 0 Å². The summed E-state index contributed by atoms with van der Waals surface area (Å²) in [5, 5.41) is 0. The molecular weight excluding hydrogens is 120 g/mol. The Bertz CT molecular complexity index is 136. The maximum Gasteiger partial charge on any atom is 0.0146 e. The van der Waals surface area contributed by atoms with Crippen molar-refractivity contribution in [3.05, 3.63) is 0 Å². The molecule has 0 saturated heterocycles. The lowest BCUT2D eigenvalue weighted by atomic mass is 9.92. The minimum Gasteiger partial charge on any atom is -0.102 e. The van der Waals surface area contributed by atoms with Gasteiger partial charge < -0.3 is 0 Å². The van der Waals surface area contributed by atoms with Crippen molar-refractivity contribution in [3.8, 4) is 11.8 Å². The smallest absolute Gasteiger partial charge is 0.0146 e. The van der Waals surface area contributed by atoms with Gasteiger partial charge in [-0.2, -0.15) is 0 Å². The van der Waals surface area contributed by atoms with Gasteiger partial charge in [-0.25, -0.2) is 0 Å². The van der Waals surface area contributed by atoms with Crippen LogP contribution in [0, 0.1) is 23.2 Å². The third-order valence-corrected chi connectivity index (χ3v) is 1.01. The molecule has 0 atom stereocenters. The lowest BCUT2D eigenvalue weighted by molar-refractivity contribution is 0.427. The Morgan fingerprint density at radius 3 is 2.00 bits per heavy atom. The van der Waals surface area contributed by atoms with Crippen LogP contribution in [0.4, 0.5) is 0 Å². The number of hydrogen-bond acceptors (Lipinski definition) is 0. The van der Waals surface area contributed by atoms with E-state index in [1.165, 1.54) is 0 Å². The zero-order chi connectivity index (χ0) is 8.20. The summed E-state index contributed by atoms with van der Waals surface area (Å²) in [5.74, 6) is 6.84. The summed E-state index contributed by atoms with van der Waals surface area (Å²) in [7, 11) is 0. The molecule has 58 valence electrons. The van der Waals surface area contributed by atoms with Crippen LogP contribution in [0.1, 0.15) is 41.0 Å². The molecule has 0 amide bonds. The summed E-state index contributed by atoms with van der Waals surface area (Å²) in [4.78, 5) is 0. The Hall–Kier alpha value is -0.440. The molecule has 0 radical (unpaired) electrons. The minimum absolute atomic E-state index is 0.363. The molecule has 0 aliphatic heterocycles. The first kappa shape index (κ1) is 9.56. The van der Waals surface area contributed by atoms with Crippen molar-refractivity contribution < 1.29 is 0 Å². The van der Waals surface area contributed by atoms with Gasteiger partial charge in [0.15, 0.2) is 0 Å². The van der Waals surface area contributed by atoms with Crippen LogP contribution in [-0.4, -0.2) is 0 Å². The highest BCUT2D eigenvalue weighted by Crippen LogP contribution is 2.16. The molecule has 10 heavy (non-hydrogen) atoms. The Kier molecular flexibility index (Phi) is 3.50. The molecule has 0 heterocycles. The molecule has 0 bridgehead atoms. The third kappa shape index (κ3) is 7.56. The van der Waals surface area contributed by atoms with Crippen LogP contribution in [0.3, 0.4) is 0 Å². The molecule has 0 heteroatoms. The van der Waals surface area contributed by atoms with Crippen molar-refractivity contribution in [2.45, 2.75) is 41.0 Å². The van der Waals surface area contributed by atoms with Crippen LogP contribution in [0.25, 0.3) is 0 Å². The average Bonchev–Trinajstić information content (AvgIpc) is 1.59. The zero-order valence-corrected chi connectivity index (χ0v) is 7.78. The fraction of sp³-hybridized carbons (Fsp3) is 0.800. The van der Waals surface area contributed by atoms with Gasteiger partial charge >= 0.3 is 0 Å². The molecule has 0 saturated carbocycles. The van der Waals surface area contributed by atoms with Crippen molar-refractivity contribution in [3.63, 3.8) is 0 Å². The summed E-state index contributed by atoms with van der Waals surface area (Å²) < 4.78 is 0. The molecule has 0 N–H and O–H groups in total. The first-order valence-electron chi connectivity index (χ1n) is 3.90. The van der Waals surface area contributed by atoms with Gasteiger partial charge in [0.25, 0.3) is 0 Å². The summed E-state index contributed by atoms with van der Waals surface area (Å²) >= 11 is 0. The maximum absolute atomic E-state index is 3.17. The first-order chi connectivity index (χ1) is 4.42. The van der Waals surface area contributed by atoms with Gasteiger partial charge in [0.05, 0.1) is 0 Å². The molecule has 0 aromatic carbocycles. The summed E-state index contributed by atoms with van der Waals surface area (Å²) in [6, 6.07) is 0. The van der Waals surface area contributed by atoms with E-state index >= 15 is 0 Å². The van der Waals surface area contributed by atoms with E-state index in [0.29, 0.717) is 11.3 Å². The van der Waals surface area contributed by atoms with E-state index in [4.69, 9.17) is 0 Å². The fourth-order valence-electron chi connectivity index (χ4n) is 0.520. The molecule has 0 unspecified atom stereocenters. The van der Waals surface area contributed by atoms with Crippen LogP contribution >= 0.6 is 0 Å². The van der Waals surface area contributed by atoms with Gasteiger partial charge in [-0.3, -0.25) is 0 Å². The Balaban J connectivity index is 3.67. The molecule has 0 aliphatic rings. The molecule has 0 spiro atoms. The Morgan fingerprint density at radius 1 is 1.20 bits per heavy atom. The maximum atomic E-state index is 3.17. The molecule has 0 aliphatic carbocycles. The van der Waals surface area contributed by atoms with Crippen LogP contribution in [-0.2, 0) is 0 Å². The molecule has 0 fully saturated rings. The highest BCUT2D eigenvalue weighted by molar-refractivity contribution is 5.03. The predicted octanol–water partition coefficient (Wildman–Crippen LogP) is 3.08. The highest BCUT2D eigenvalue weighted by atomic mass is 14.1. The van der Waals surface area contributed by atoms with Gasteiger partial charge in [-0.15, -0.1) is 11.8 Å². The predicted molar refractivity (Wildman–Crippen MR) is 46.7 cm³/mol. The van der Waals surface area contributed by atoms with Crippen LogP contribution in [0.2, 0.25) is 0 Å². The second-order valence-electron chi connectivity index (χ2n) is 4.21. The molecule has 0 aromatic heterocycles. The molecule has 0 aromatic rings. The lowest BCUT2D eigenvalue weighted by Gasteiger charge is -2.12. The van der Waals surface area contributed by atoms with E-state index in [1.807, 2.05) is 0 Å². The monoisotopic (exact) mass is 138 g/mol. The van der Waals surface area contributed by atoms with Crippen LogP contribution < -0.4 is 0 Å². The quantitative estimate of drug-likeness (QED) is 0.451. The normalized spacial score (nSPS) is 11.0. The first-order valence-corrected chi connectivity index (χ1v) is 3.90. The van der Waals surface area contributed by atoms with E-state index in [2.05, 4.69) is 46.5 Å². The van der Waals surface area contributed by atoms with Crippen LogP contribution in [0.15, 0.2) is 0 Å². The average molecular weight is 138 g/mol. The Labute approximate surface area is 65.0 Å². The van der Waals surface area contributed by atoms with Gasteiger partial charge in [0, 0.05) is 12.3 Å². The van der Waals surface area contributed by atoms with Gasteiger partial charge in [0.1, 0.15) is 0 Å². The van der Waals surface area contributed by atoms with Gasteiger partial charge in [0.2, 0.25) is 0 Å². The van der Waals surface area contributed by atoms with Crippen LogP contribution in [0.5, 0.6) is 0 Å². The highest BCUT2D eigenvalue weighted by Gasteiger charge is 2.06. The SMILES string of the molecule is CC(C)C#CCC(C)(C)C. The second-order valence-corrected chi connectivity index (χ2v) is 4.21. The number of rotatable bonds is 0. The summed E-state index contributed by atoms with van der Waals surface area (Å²) in [6.07, 6.45) is 1.01. The Morgan fingerprint density at radius 2 is 1.70 bits per heavy atom. The van der Waals surface area contributed by atoms with E-state index < -0.39 is 0 Å².